The van der Waals surface area contributed by atoms with Crippen LogP contribution in [0.25, 0.3) is 10.9 Å². The number of rotatable bonds is 5. The van der Waals surface area contributed by atoms with Crippen molar-refractivity contribution in [2.45, 2.75) is 32.1 Å². The highest BCUT2D eigenvalue weighted by Gasteiger charge is 2.31. The summed E-state index contributed by atoms with van der Waals surface area (Å²) in [6, 6.07) is 3.16. The number of nitrogens with zero attached hydrogens (tertiary/aromatic N) is 3. The van der Waals surface area contributed by atoms with Crippen LogP contribution in [0.2, 0.25) is 0 Å². The molecule has 154 valence electrons. The number of aromatic nitrogens is 3. The van der Waals surface area contributed by atoms with Gasteiger partial charge in [0.25, 0.3) is 0 Å². The number of fused-ring (bicyclic) bond motifs is 1. The Morgan fingerprint density at radius 1 is 1.28 bits per heavy atom. The first-order valence-electron chi connectivity index (χ1n) is 9.42. The molecule has 29 heavy (non-hydrogen) atoms. The van der Waals surface area contributed by atoms with Crippen molar-refractivity contribution in [3.05, 3.63) is 48.0 Å². The summed E-state index contributed by atoms with van der Waals surface area (Å²) in [4.78, 5) is 8.60. The van der Waals surface area contributed by atoms with E-state index < -0.39 is 17.8 Å². The Morgan fingerprint density at radius 2 is 2.10 bits per heavy atom. The molecule has 0 aliphatic carbocycles. The molecule has 2 atom stereocenters. The van der Waals surface area contributed by atoms with Crippen LogP contribution in [-0.2, 0) is 17.5 Å². The summed E-state index contributed by atoms with van der Waals surface area (Å²) in [5, 5.41) is 4.02. The first kappa shape index (κ1) is 19.5. The molecule has 0 spiro atoms. The van der Waals surface area contributed by atoms with E-state index in [-0.39, 0.29) is 5.69 Å². The Labute approximate surface area is 165 Å². The van der Waals surface area contributed by atoms with Crippen molar-refractivity contribution in [3.63, 3.8) is 0 Å². The van der Waals surface area contributed by atoms with Gasteiger partial charge < -0.3 is 20.4 Å². The van der Waals surface area contributed by atoms with Gasteiger partial charge in [-0.05, 0) is 37.1 Å². The Kier molecular flexibility index (Phi) is 5.08. The van der Waals surface area contributed by atoms with Crippen LogP contribution in [0.15, 0.2) is 36.9 Å². The van der Waals surface area contributed by atoms with Crippen LogP contribution < -0.4 is 11.1 Å². The predicted octanol–water partition coefficient (Wildman–Crippen LogP) is 4.24. The van der Waals surface area contributed by atoms with Crippen molar-refractivity contribution in [2.75, 3.05) is 24.3 Å². The molecule has 3 heterocycles. The summed E-state index contributed by atoms with van der Waals surface area (Å²) in [6.07, 6.45) is 1.93. The van der Waals surface area contributed by atoms with E-state index >= 15 is 0 Å². The number of ether oxygens (including phenoxy) is 1. The maximum Gasteiger partial charge on any atom is 0.416 e. The molecule has 9 heteroatoms. The van der Waals surface area contributed by atoms with Gasteiger partial charge in [0.2, 0.25) is 0 Å². The second-order valence-corrected chi connectivity index (χ2v) is 7.46. The maximum absolute atomic E-state index is 13.1. The molecule has 1 fully saturated rings. The van der Waals surface area contributed by atoms with Gasteiger partial charge in [0.15, 0.2) is 0 Å². The standard InChI is InChI=1S/C20H22F3N5O/c1-12(14-4-15(20(21,22)23)6-16(24)5-14)27-19-17-8-28(7-13-2-3-29-10-13)9-18(17)25-11-26-19/h4-6,8-9,11-13H,2-3,7,10,24H2,1H3,(H,25,26,27)/t12-,13?/m1/s1. The van der Waals surface area contributed by atoms with Gasteiger partial charge in [-0.15, -0.1) is 0 Å². The Morgan fingerprint density at radius 3 is 2.83 bits per heavy atom. The van der Waals surface area contributed by atoms with E-state index in [0.29, 0.717) is 17.3 Å². The Hall–Kier alpha value is -2.81. The highest BCUT2D eigenvalue weighted by molar-refractivity contribution is 5.88. The Balaban J connectivity index is 1.59. The van der Waals surface area contributed by atoms with E-state index in [1.54, 1.807) is 6.92 Å². The predicted molar refractivity (Wildman–Crippen MR) is 104 cm³/mol. The van der Waals surface area contributed by atoms with Crippen LogP contribution in [0.3, 0.4) is 0 Å². The molecule has 0 bridgehead atoms. The summed E-state index contributed by atoms with van der Waals surface area (Å²) in [6.45, 7) is 4.14. The summed E-state index contributed by atoms with van der Waals surface area (Å²) < 4.78 is 46.8. The van der Waals surface area contributed by atoms with Crippen molar-refractivity contribution in [3.8, 4) is 0 Å². The lowest BCUT2D eigenvalue weighted by Crippen LogP contribution is -2.12. The van der Waals surface area contributed by atoms with E-state index in [0.717, 1.165) is 49.2 Å². The minimum absolute atomic E-state index is 0.0706. The summed E-state index contributed by atoms with van der Waals surface area (Å²) in [5.41, 5.74) is 6.21. The molecule has 0 amide bonds. The van der Waals surface area contributed by atoms with Crippen molar-refractivity contribution in [1.29, 1.82) is 0 Å². The lowest BCUT2D eigenvalue weighted by atomic mass is 10.0. The van der Waals surface area contributed by atoms with Gasteiger partial charge >= 0.3 is 6.18 Å². The minimum Gasteiger partial charge on any atom is -0.399 e. The lowest BCUT2D eigenvalue weighted by Gasteiger charge is -2.18. The van der Waals surface area contributed by atoms with Crippen LogP contribution >= 0.6 is 0 Å². The average molecular weight is 405 g/mol. The van der Waals surface area contributed by atoms with E-state index in [4.69, 9.17) is 10.5 Å². The molecular weight excluding hydrogens is 383 g/mol. The zero-order valence-corrected chi connectivity index (χ0v) is 15.9. The topological polar surface area (TPSA) is 78.0 Å². The number of hydrogen-bond donors (Lipinski definition) is 2. The van der Waals surface area contributed by atoms with Crippen LogP contribution in [0.5, 0.6) is 0 Å². The number of anilines is 2. The minimum atomic E-state index is -4.45. The Bertz CT molecular complexity index is 1010. The molecule has 3 aromatic rings. The van der Waals surface area contributed by atoms with Crippen molar-refractivity contribution in [2.24, 2.45) is 5.92 Å². The second kappa shape index (κ2) is 7.55. The lowest BCUT2D eigenvalue weighted by molar-refractivity contribution is -0.137. The van der Waals surface area contributed by atoms with Crippen LogP contribution in [-0.4, -0.2) is 27.7 Å². The number of alkyl halides is 3. The van der Waals surface area contributed by atoms with Gasteiger partial charge in [-0.3, -0.25) is 0 Å². The van der Waals surface area contributed by atoms with Crippen LogP contribution in [0.4, 0.5) is 24.7 Å². The normalized spacial score (nSPS) is 18.3. The fourth-order valence-corrected chi connectivity index (χ4v) is 3.62. The van der Waals surface area contributed by atoms with Gasteiger partial charge in [-0.1, -0.05) is 0 Å². The zero-order chi connectivity index (χ0) is 20.6. The van der Waals surface area contributed by atoms with Gasteiger partial charge in [0, 0.05) is 37.2 Å². The monoisotopic (exact) mass is 405 g/mol. The van der Waals surface area contributed by atoms with Crippen LogP contribution in [0.1, 0.15) is 30.5 Å². The number of hydrogen-bond acceptors (Lipinski definition) is 5. The SMILES string of the molecule is C[C@@H](Nc1ncnc2cn(CC3CCOC3)cc12)c1cc(N)cc(C(F)(F)F)c1. The molecule has 1 saturated heterocycles. The fraction of sp³-hybridized carbons (Fsp3) is 0.400. The fourth-order valence-electron chi connectivity index (χ4n) is 3.62. The molecule has 0 saturated carbocycles. The van der Waals surface area contributed by atoms with Gasteiger partial charge in [0.05, 0.1) is 29.1 Å². The number of halogens is 3. The molecule has 1 aliphatic heterocycles. The van der Waals surface area contributed by atoms with E-state index in [1.807, 2.05) is 12.4 Å². The highest BCUT2D eigenvalue weighted by Crippen LogP contribution is 2.34. The molecule has 4 rings (SSSR count). The molecular formula is C20H22F3N5O. The van der Waals surface area contributed by atoms with Gasteiger partial charge in [-0.25, -0.2) is 9.97 Å². The number of nitrogen functional groups attached to an aromatic ring is 1. The number of nitrogens with two attached hydrogens (primary N) is 1. The summed E-state index contributed by atoms with van der Waals surface area (Å²) >= 11 is 0. The van der Waals surface area contributed by atoms with E-state index in [1.165, 1.54) is 12.4 Å². The molecule has 6 nitrogen and oxygen atoms in total. The second-order valence-electron chi connectivity index (χ2n) is 7.46. The van der Waals surface area contributed by atoms with Gasteiger partial charge in [0.1, 0.15) is 12.1 Å². The van der Waals surface area contributed by atoms with Crippen molar-refractivity contribution < 1.29 is 17.9 Å². The summed E-state index contributed by atoms with van der Waals surface area (Å²) in [5.74, 6) is 1.04. The zero-order valence-electron chi connectivity index (χ0n) is 15.9. The molecule has 0 radical (unpaired) electrons. The number of benzene rings is 1. The van der Waals surface area contributed by atoms with Crippen LogP contribution in [0, 0.1) is 5.92 Å². The third-order valence-electron chi connectivity index (χ3n) is 5.15. The molecule has 1 aromatic carbocycles. The quantitative estimate of drug-likeness (QED) is 0.621. The first-order chi connectivity index (χ1) is 13.8. The maximum atomic E-state index is 13.1. The average Bonchev–Trinajstić information content (AvgIpc) is 3.30. The third-order valence-corrected chi connectivity index (χ3v) is 5.15. The van der Waals surface area contributed by atoms with Crippen molar-refractivity contribution in [1.82, 2.24) is 14.5 Å². The molecule has 3 N–H and O–H groups in total. The van der Waals surface area contributed by atoms with E-state index in [9.17, 15) is 13.2 Å². The van der Waals surface area contributed by atoms with E-state index in [2.05, 4.69) is 19.9 Å². The smallest absolute Gasteiger partial charge is 0.399 e. The molecule has 1 aliphatic rings. The molecule has 1 unspecified atom stereocenters. The van der Waals surface area contributed by atoms with Crippen molar-refractivity contribution >= 4 is 22.4 Å². The third kappa shape index (κ3) is 4.29. The highest BCUT2D eigenvalue weighted by atomic mass is 19.4. The number of nitrogens with one attached hydrogen (secondary N) is 1. The largest absolute Gasteiger partial charge is 0.416 e. The molecule has 2 aromatic heterocycles. The first-order valence-corrected chi connectivity index (χ1v) is 9.42. The van der Waals surface area contributed by atoms with Gasteiger partial charge in [-0.2, -0.15) is 13.2 Å². The summed E-state index contributed by atoms with van der Waals surface area (Å²) in [7, 11) is 0.